The topological polar surface area (TPSA) is 21.6 Å². The smallest absolute Gasteiger partial charge is 0.303 e. The third-order valence-electron chi connectivity index (χ3n) is 2.01. The van der Waals surface area contributed by atoms with Crippen molar-refractivity contribution in [1.82, 2.24) is 0 Å². The van der Waals surface area contributed by atoms with Gasteiger partial charge in [-0.2, -0.15) is 8.78 Å². The van der Waals surface area contributed by atoms with Crippen molar-refractivity contribution in [3.05, 3.63) is 36.9 Å². The van der Waals surface area contributed by atoms with Crippen LogP contribution in [0.3, 0.4) is 0 Å². The highest BCUT2D eigenvalue weighted by Gasteiger charge is 2.33. The summed E-state index contributed by atoms with van der Waals surface area (Å²) in [6.07, 6.45) is 0.546. The standard InChI is InChI=1S/C12H12ClF2NO/c1-3-8-12(14,15)11(13)16-9-6-4-5-7-10(9)17-2/h3-7H,1,8H2,2H3. The van der Waals surface area contributed by atoms with E-state index in [2.05, 4.69) is 11.6 Å². The van der Waals surface area contributed by atoms with Crippen LogP contribution in [0.1, 0.15) is 6.42 Å². The van der Waals surface area contributed by atoms with E-state index in [4.69, 9.17) is 16.3 Å². The van der Waals surface area contributed by atoms with Gasteiger partial charge in [-0.3, -0.25) is 0 Å². The summed E-state index contributed by atoms with van der Waals surface area (Å²) in [7, 11) is 1.43. The Morgan fingerprint density at radius 3 is 2.76 bits per heavy atom. The second kappa shape index (κ2) is 5.77. The Hall–Kier alpha value is -1.42. The van der Waals surface area contributed by atoms with E-state index in [1.54, 1.807) is 24.3 Å². The van der Waals surface area contributed by atoms with Crippen LogP contribution in [0.4, 0.5) is 14.5 Å². The van der Waals surface area contributed by atoms with Crippen molar-refractivity contribution in [2.45, 2.75) is 12.3 Å². The Labute approximate surface area is 104 Å². The highest BCUT2D eigenvalue weighted by Crippen LogP contribution is 2.31. The first kappa shape index (κ1) is 13.6. The predicted molar refractivity (Wildman–Crippen MR) is 65.7 cm³/mol. The molecule has 0 aliphatic carbocycles. The number of alkyl halides is 2. The second-order valence-electron chi connectivity index (χ2n) is 3.27. The number of allylic oxidation sites excluding steroid dienone is 1. The zero-order valence-corrected chi connectivity index (χ0v) is 10.0. The minimum absolute atomic E-state index is 0.267. The van der Waals surface area contributed by atoms with E-state index < -0.39 is 17.5 Å². The first-order valence-electron chi connectivity index (χ1n) is 4.87. The van der Waals surface area contributed by atoms with E-state index in [1.165, 1.54) is 7.11 Å². The molecule has 0 aliphatic rings. The molecule has 0 unspecified atom stereocenters. The molecule has 1 aromatic carbocycles. The number of benzene rings is 1. The molecule has 0 aromatic heterocycles. The van der Waals surface area contributed by atoms with Crippen molar-refractivity contribution < 1.29 is 13.5 Å². The molecule has 0 saturated heterocycles. The number of aliphatic imine (C=N–C) groups is 1. The van der Waals surface area contributed by atoms with Crippen molar-refractivity contribution in [2.24, 2.45) is 4.99 Å². The van der Waals surface area contributed by atoms with Gasteiger partial charge in [0.1, 0.15) is 11.4 Å². The molecular weight excluding hydrogens is 248 g/mol. The van der Waals surface area contributed by atoms with Gasteiger partial charge in [0, 0.05) is 6.42 Å². The number of hydrogen-bond acceptors (Lipinski definition) is 2. The molecule has 0 amide bonds. The summed E-state index contributed by atoms with van der Waals surface area (Å²) in [5, 5.41) is -0.776. The molecule has 92 valence electrons. The summed E-state index contributed by atoms with van der Waals surface area (Å²) in [6.45, 7) is 3.25. The SMILES string of the molecule is C=CCC(F)(F)C(Cl)=Nc1ccccc1OC. The number of ether oxygens (including phenoxy) is 1. The Kier molecular flexibility index (Phi) is 4.63. The molecule has 0 saturated carbocycles. The minimum Gasteiger partial charge on any atom is -0.494 e. The Balaban J connectivity index is 3.05. The van der Waals surface area contributed by atoms with Crippen molar-refractivity contribution >= 4 is 22.5 Å². The summed E-state index contributed by atoms with van der Waals surface area (Å²) >= 11 is 5.51. The van der Waals surface area contributed by atoms with E-state index in [0.29, 0.717) is 5.75 Å². The van der Waals surface area contributed by atoms with Gasteiger partial charge < -0.3 is 4.74 Å². The normalized spacial score (nSPS) is 12.4. The maximum atomic E-state index is 13.4. The molecule has 17 heavy (non-hydrogen) atoms. The fraction of sp³-hybridized carbons (Fsp3) is 0.250. The van der Waals surface area contributed by atoms with Gasteiger partial charge in [-0.25, -0.2) is 4.99 Å². The lowest BCUT2D eigenvalue weighted by molar-refractivity contribution is 0.0850. The fourth-order valence-corrected chi connectivity index (χ4v) is 1.34. The average Bonchev–Trinajstić information content (AvgIpc) is 2.29. The second-order valence-corrected chi connectivity index (χ2v) is 3.63. The van der Waals surface area contributed by atoms with Crippen LogP contribution in [0.25, 0.3) is 0 Å². The van der Waals surface area contributed by atoms with E-state index in [1.807, 2.05) is 0 Å². The number of methoxy groups -OCH3 is 1. The molecule has 1 aromatic rings. The van der Waals surface area contributed by atoms with Crippen LogP contribution < -0.4 is 4.74 Å². The Morgan fingerprint density at radius 1 is 1.53 bits per heavy atom. The van der Waals surface area contributed by atoms with Crippen LogP contribution in [0.2, 0.25) is 0 Å². The molecule has 0 radical (unpaired) electrons. The molecule has 0 atom stereocenters. The summed E-state index contributed by atoms with van der Waals surface area (Å²) in [5.74, 6) is -2.82. The molecule has 5 heteroatoms. The number of rotatable bonds is 5. The summed E-state index contributed by atoms with van der Waals surface area (Å²) in [4.78, 5) is 3.68. The quantitative estimate of drug-likeness (QED) is 0.574. The number of halogens is 3. The zero-order valence-electron chi connectivity index (χ0n) is 9.29. The average molecular weight is 260 g/mol. The first-order valence-corrected chi connectivity index (χ1v) is 5.25. The molecule has 1 rings (SSSR count). The Morgan fingerprint density at radius 2 is 2.18 bits per heavy atom. The maximum Gasteiger partial charge on any atom is 0.303 e. The zero-order chi connectivity index (χ0) is 12.9. The summed E-state index contributed by atoms with van der Waals surface area (Å²) in [6, 6.07) is 6.55. The monoisotopic (exact) mass is 259 g/mol. The molecule has 2 nitrogen and oxygen atoms in total. The minimum atomic E-state index is -3.20. The highest BCUT2D eigenvalue weighted by atomic mass is 35.5. The largest absolute Gasteiger partial charge is 0.494 e. The van der Waals surface area contributed by atoms with Crippen LogP contribution in [0.15, 0.2) is 41.9 Å². The summed E-state index contributed by atoms with van der Waals surface area (Å²) in [5.41, 5.74) is 0.267. The van der Waals surface area contributed by atoms with Gasteiger partial charge in [0.05, 0.1) is 7.11 Å². The fourth-order valence-electron chi connectivity index (χ4n) is 1.18. The number of hydrogen-bond donors (Lipinski definition) is 0. The van der Waals surface area contributed by atoms with E-state index in [-0.39, 0.29) is 5.69 Å². The predicted octanol–water partition coefficient (Wildman–Crippen LogP) is 4.18. The molecular formula is C12H12ClF2NO. The van der Waals surface area contributed by atoms with Crippen LogP contribution in [0, 0.1) is 0 Å². The van der Waals surface area contributed by atoms with Gasteiger partial charge in [-0.15, -0.1) is 6.58 Å². The lowest BCUT2D eigenvalue weighted by Gasteiger charge is -2.12. The molecule has 0 spiro atoms. The van der Waals surface area contributed by atoms with Crippen LogP contribution >= 0.6 is 11.6 Å². The van der Waals surface area contributed by atoms with E-state index in [9.17, 15) is 8.78 Å². The third kappa shape index (κ3) is 3.53. The first-order chi connectivity index (χ1) is 8.01. The van der Waals surface area contributed by atoms with Crippen LogP contribution in [0.5, 0.6) is 5.75 Å². The van der Waals surface area contributed by atoms with Gasteiger partial charge in [0.15, 0.2) is 5.17 Å². The van der Waals surface area contributed by atoms with Gasteiger partial charge in [0.25, 0.3) is 0 Å². The molecule has 0 aliphatic heterocycles. The van der Waals surface area contributed by atoms with E-state index in [0.717, 1.165) is 6.08 Å². The maximum absolute atomic E-state index is 13.4. The molecule has 0 fully saturated rings. The lowest BCUT2D eigenvalue weighted by atomic mass is 10.2. The number of para-hydroxylation sites is 2. The summed E-state index contributed by atoms with van der Waals surface area (Å²) < 4.78 is 31.7. The van der Waals surface area contributed by atoms with Crippen LogP contribution in [-0.4, -0.2) is 18.2 Å². The van der Waals surface area contributed by atoms with Crippen molar-refractivity contribution in [3.63, 3.8) is 0 Å². The lowest BCUT2D eigenvalue weighted by Crippen LogP contribution is -2.23. The van der Waals surface area contributed by atoms with Gasteiger partial charge in [-0.05, 0) is 12.1 Å². The third-order valence-corrected chi connectivity index (χ3v) is 2.37. The highest BCUT2D eigenvalue weighted by molar-refractivity contribution is 6.67. The van der Waals surface area contributed by atoms with Crippen molar-refractivity contribution in [1.29, 1.82) is 0 Å². The molecule has 0 heterocycles. The Bertz CT molecular complexity index is 432. The van der Waals surface area contributed by atoms with Crippen molar-refractivity contribution in [3.8, 4) is 5.75 Å². The van der Waals surface area contributed by atoms with Crippen LogP contribution in [-0.2, 0) is 0 Å². The molecule has 0 N–H and O–H groups in total. The van der Waals surface area contributed by atoms with E-state index >= 15 is 0 Å². The van der Waals surface area contributed by atoms with Gasteiger partial charge in [-0.1, -0.05) is 29.8 Å². The molecule has 0 bridgehead atoms. The van der Waals surface area contributed by atoms with Crippen molar-refractivity contribution in [2.75, 3.05) is 7.11 Å². The van der Waals surface area contributed by atoms with Gasteiger partial charge in [0.2, 0.25) is 0 Å². The number of nitrogens with zero attached hydrogens (tertiary/aromatic N) is 1. The van der Waals surface area contributed by atoms with Gasteiger partial charge >= 0.3 is 5.92 Å².